The van der Waals surface area contributed by atoms with Crippen molar-refractivity contribution in [3.8, 4) is 0 Å². The fourth-order valence-corrected chi connectivity index (χ4v) is 3.90. The standard InChI is InChI=1S/C28H29ClN4O2.2ClH/c29-24-10-6-22(7-11-24)18-33-19-26(31-20-33)16-28(35)32-25-12-8-21(9-13-25)14-15-30-17-27(34)23-4-2-1-3-5-23;;/h1-13,19-20,27,30,34H,14-18H2,(H,32,35);2*1H/t27-;;/m0../s1. The number of aromatic nitrogens is 2. The molecule has 1 heterocycles. The van der Waals surface area contributed by atoms with Crippen molar-refractivity contribution in [2.24, 2.45) is 0 Å². The summed E-state index contributed by atoms with van der Waals surface area (Å²) in [5.41, 5.74) is 4.66. The maximum absolute atomic E-state index is 12.5. The van der Waals surface area contributed by atoms with Crippen LogP contribution in [0.5, 0.6) is 0 Å². The zero-order valence-electron chi connectivity index (χ0n) is 20.2. The number of anilines is 1. The number of carbonyl (C=O) groups is 1. The lowest BCUT2D eigenvalue weighted by Crippen LogP contribution is -2.23. The topological polar surface area (TPSA) is 79.2 Å². The quantitative estimate of drug-likeness (QED) is 0.212. The minimum atomic E-state index is -0.516. The maximum Gasteiger partial charge on any atom is 0.230 e. The number of carbonyl (C=O) groups excluding carboxylic acids is 1. The Morgan fingerprint density at radius 3 is 2.32 bits per heavy atom. The second kappa shape index (κ2) is 15.4. The van der Waals surface area contributed by atoms with E-state index >= 15 is 0 Å². The molecule has 37 heavy (non-hydrogen) atoms. The number of imidazole rings is 1. The molecule has 3 N–H and O–H groups in total. The van der Waals surface area contributed by atoms with Crippen LogP contribution in [0.2, 0.25) is 5.02 Å². The van der Waals surface area contributed by atoms with Crippen LogP contribution < -0.4 is 10.6 Å². The molecular formula is C28H31Cl3N4O2. The van der Waals surface area contributed by atoms with E-state index in [1.807, 2.05) is 89.6 Å². The Morgan fingerprint density at radius 2 is 1.62 bits per heavy atom. The lowest BCUT2D eigenvalue weighted by molar-refractivity contribution is -0.115. The summed E-state index contributed by atoms with van der Waals surface area (Å²) in [6, 6.07) is 25.1. The molecule has 0 aliphatic carbocycles. The Balaban J connectivity index is 0.00000241. The van der Waals surface area contributed by atoms with Gasteiger partial charge in [-0.25, -0.2) is 4.98 Å². The summed E-state index contributed by atoms with van der Waals surface area (Å²) in [5.74, 6) is -0.106. The Hall–Kier alpha value is -2.87. The largest absolute Gasteiger partial charge is 0.387 e. The van der Waals surface area contributed by atoms with Crippen molar-refractivity contribution in [2.45, 2.75) is 25.5 Å². The zero-order chi connectivity index (χ0) is 24.5. The van der Waals surface area contributed by atoms with Crippen LogP contribution in [0.3, 0.4) is 0 Å². The van der Waals surface area contributed by atoms with Crippen LogP contribution in [0.4, 0.5) is 5.69 Å². The Kier molecular flexibility index (Phi) is 12.6. The van der Waals surface area contributed by atoms with Crippen LogP contribution >= 0.6 is 36.4 Å². The number of rotatable bonds is 11. The Bertz CT molecular complexity index is 1220. The van der Waals surface area contributed by atoms with Gasteiger partial charge in [0.05, 0.1) is 24.5 Å². The lowest BCUT2D eigenvalue weighted by Gasteiger charge is -2.12. The average molecular weight is 562 g/mol. The van der Waals surface area contributed by atoms with Gasteiger partial charge in [-0.3, -0.25) is 4.79 Å². The predicted octanol–water partition coefficient (Wildman–Crippen LogP) is 5.48. The van der Waals surface area contributed by atoms with E-state index in [-0.39, 0.29) is 37.1 Å². The van der Waals surface area contributed by atoms with Crippen LogP contribution in [0.25, 0.3) is 0 Å². The lowest BCUT2D eigenvalue weighted by atomic mass is 10.1. The van der Waals surface area contributed by atoms with E-state index in [0.29, 0.717) is 18.1 Å². The van der Waals surface area contributed by atoms with Crippen LogP contribution in [-0.4, -0.2) is 33.7 Å². The molecule has 9 heteroatoms. The molecule has 1 aromatic heterocycles. The van der Waals surface area contributed by atoms with Crippen LogP contribution in [0, 0.1) is 0 Å². The Morgan fingerprint density at radius 1 is 0.946 bits per heavy atom. The highest BCUT2D eigenvalue weighted by molar-refractivity contribution is 6.30. The number of hydrogen-bond acceptors (Lipinski definition) is 4. The van der Waals surface area contributed by atoms with Crippen molar-refractivity contribution in [1.82, 2.24) is 14.9 Å². The third kappa shape index (κ3) is 9.84. The van der Waals surface area contributed by atoms with Gasteiger partial charge in [-0.2, -0.15) is 0 Å². The summed E-state index contributed by atoms with van der Waals surface area (Å²) in [5, 5.41) is 17.1. The third-order valence-electron chi connectivity index (χ3n) is 5.66. The van der Waals surface area contributed by atoms with Gasteiger partial charge < -0.3 is 20.3 Å². The number of halogens is 3. The van der Waals surface area contributed by atoms with Crippen LogP contribution in [0.15, 0.2) is 91.4 Å². The first-order valence-corrected chi connectivity index (χ1v) is 12.0. The number of nitrogens with zero attached hydrogens (tertiary/aromatic N) is 2. The highest BCUT2D eigenvalue weighted by Crippen LogP contribution is 2.13. The monoisotopic (exact) mass is 560 g/mol. The van der Waals surface area contributed by atoms with Crippen LogP contribution in [0.1, 0.15) is 28.5 Å². The molecule has 3 aromatic carbocycles. The molecule has 0 aliphatic rings. The highest BCUT2D eigenvalue weighted by atomic mass is 35.5. The van der Waals surface area contributed by atoms with Gasteiger partial charge in [0.25, 0.3) is 0 Å². The average Bonchev–Trinajstić information content (AvgIpc) is 3.31. The molecule has 4 aromatic rings. The molecule has 0 bridgehead atoms. The third-order valence-corrected chi connectivity index (χ3v) is 5.91. The smallest absolute Gasteiger partial charge is 0.230 e. The molecule has 1 atom stereocenters. The number of aliphatic hydroxyl groups is 1. The summed E-state index contributed by atoms with van der Waals surface area (Å²) < 4.78 is 1.95. The molecule has 0 aliphatic heterocycles. The molecule has 6 nitrogen and oxygen atoms in total. The molecular weight excluding hydrogens is 531 g/mol. The molecule has 196 valence electrons. The number of nitrogens with one attached hydrogen (secondary N) is 2. The molecule has 0 saturated heterocycles. The van der Waals surface area contributed by atoms with Gasteiger partial charge in [0.15, 0.2) is 0 Å². The fraction of sp³-hybridized carbons (Fsp3) is 0.214. The summed E-state index contributed by atoms with van der Waals surface area (Å²) >= 11 is 5.93. The molecule has 4 rings (SSSR count). The van der Waals surface area contributed by atoms with Gasteiger partial charge in [-0.15, -0.1) is 24.8 Å². The van der Waals surface area contributed by atoms with E-state index < -0.39 is 6.10 Å². The van der Waals surface area contributed by atoms with Gasteiger partial charge in [0, 0.05) is 30.0 Å². The maximum atomic E-state index is 12.5. The Labute approximate surface area is 234 Å². The summed E-state index contributed by atoms with van der Waals surface area (Å²) in [6.45, 7) is 1.94. The molecule has 0 radical (unpaired) electrons. The van der Waals surface area contributed by atoms with Gasteiger partial charge in [-0.1, -0.05) is 66.2 Å². The summed E-state index contributed by atoms with van der Waals surface area (Å²) in [4.78, 5) is 16.8. The molecule has 0 unspecified atom stereocenters. The van der Waals surface area contributed by atoms with Crippen LogP contribution in [-0.2, 0) is 24.2 Å². The van der Waals surface area contributed by atoms with E-state index in [1.54, 1.807) is 6.33 Å². The number of hydrogen-bond donors (Lipinski definition) is 3. The predicted molar refractivity (Wildman–Crippen MR) is 154 cm³/mol. The van der Waals surface area contributed by atoms with Crippen molar-refractivity contribution < 1.29 is 9.90 Å². The summed E-state index contributed by atoms with van der Waals surface area (Å²) in [7, 11) is 0. The highest BCUT2D eigenvalue weighted by Gasteiger charge is 2.08. The minimum absolute atomic E-state index is 0. The van der Waals surface area contributed by atoms with Crippen molar-refractivity contribution in [1.29, 1.82) is 0 Å². The number of aliphatic hydroxyl groups excluding tert-OH is 1. The van der Waals surface area contributed by atoms with E-state index in [1.165, 1.54) is 0 Å². The summed E-state index contributed by atoms with van der Waals surface area (Å²) in [6.07, 6.45) is 4.15. The van der Waals surface area contributed by atoms with Gasteiger partial charge >= 0.3 is 0 Å². The zero-order valence-corrected chi connectivity index (χ0v) is 22.6. The first-order chi connectivity index (χ1) is 17.0. The molecule has 0 saturated carbocycles. The van der Waals surface area contributed by atoms with Crippen molar-refractivity contribution in [3.05, 3.63) is 119 Å². The molecule has 0 fully saturated rings. The van der Waals surface area contributed by atoms with Crippen molar-refractivity contribution >= 4 is 48.0 Å². The molecule has 1 amide bonds. The second-order valence-corrected chi connectivity index (χ2v) is 8.90. The van der Waals surface area contributed by atoms with Gasteiger partial charge in [0.1, 0.15) is 0 Å². The molecule has 0 spiro atoms. The first-order valence-electron chi connectivity index (χ1n) is 11.6. The minimum Gasteiger partial charge on any atom is -0.387 e. The second-order valence-electron chi connectivity index (χ2n) is 8.47. The SMILES string of the molecule is Cl.Cl.O=C(Cc1cn(Cc2ccc(Cl)cc2)cn1)Nc1ccc(CCNC[C@H](O)c2ccccc2)cc1. The van der Waals surface area contributed by atoms with E-state index in [0.717, 1.165) is 41.0 Å². The number of amides is 1. The van der Waals surface area contributed by atoms with Gasteiger partial charge in [-0.05, 0) is 53.9 Å². The normalized spacial score (nSPS) is 11.2. The van der Waals surface area contributed by atoms with E-state index in [9.17, 15) is 9.90 Å². The van der Waals surface area contributed by atoms with E-state index in [4.69, 9.17) is 11.6 Å². The fourth-order valence-electron chi connectivity index (χ4n) is 3.77. The van der Waals surface area contributed by atoms with Crippen molar-refractivity contribution in [3.63, 3.8) is 0 Å². The van der Waals surface area contributed by atoms with E-state index in [2.05, 4.69) is 15.6 Å². The van der Waals surface area contributed by atoms with Crippen molar-refractivity contribution in [2.75, 3.05) is 18.4 Å². The van der Waals surface area contributed by atoms with Gasteiger partial charge in [0.2, 0.25) is 5.91 Å². The first kappa shape index (κ1) is 30.4. The number of benzene rings is 3.